The van der Waals surface area contributed by atoms with Crippen LogP contribution in [0.5, 0.6) is 0 Å². The Balaban J connectivity index is 1.48. The van der Waals surface area contributed by atoms with Gasteiger partial charge in [-0.3, -0.25) is 14.4 Å². The van der Waals surface area contributed by atoms with Gasteiger partial charge in [0.25, 0.3) is 5.91 Å². The summed E-state index contributed by atoms with van der Waals surface area (Å²) in [5, 5.41) is 2.79. The minimum Gasteiger partial charge on any atom is -0.455 e. The molecule has 27 heavy (non-hydrogen) atoms. The van der Waals surface area contributed by atoms with Crippen LogP contribution in [-0.2, 0) is 19.1 Å². The molecule has 2 aromatic carbocycles. The van der Waals surface area contributed by atoms with Crippen molar-refractivity contribution in [1.82, 2.24) is 5.32 Å². The van der Waals surface area contributed by atoms with Crippen LogP contribution in [-0.4, -0.2) is 30.9 Å². The number of carbonyl (C=O) groups excluding carboxylic acids is 3. The van der Waals surface area contributed by atoms with Crippen molar-refractivity contribution in [3.63, 3.8) is 0 Å². The van der Waals surface area contributed by atoms with Crippen molar-refractivity contribution in [2.24, 2.45) is 5.92 Å². The van der Waals surface area contributed by atoms with Gasteiger partial charge in [-0.25, -0.2) is 0 Å². The van der Waals surface area contributed by atoms with E-state index in [0.717, 1.165) is 11.3 Å². The van der Waals surface area contributed by atoms with E-state index >= 15 is 0 Å². The molecule has 2 aromatic rings. The van der Waals surface area contributed by atoms with Crippen molar-refractivity contribution in [2.75, 3.05) is 18.1 Å². The van der Waals surface area contributed by atoms with E-state index < -0.39 is 11.9 Å². The third kappa shape index (κ3) is 4.73. The number of hydrogen-bond acceptors (Lipinski definition) is 4. The van der Waals surface area contributed by atoms with Gasteiger partial charge in [-0.05, 0) is 24.6 Å². The number of ether oxygens (including phenoxy) is 1. The second-order valence-electron chi connectivity index (χ2n) is 6.55. The number of nitrogens with one attached hydrogen (secondary N) is 1. The lowest BCUT2D eigenvalue weighted by atomic mass is 10.1. The lowest BCUT2D eigenvalue weighted by Crippen LogP contribution is -2.32. The lowest BCUT2D eigenvalue weighted by Gasteiger charge is -2.17. The highest BCUT2D eigenvalue weighted by Crippen LogP contribution is 2.25. The molecule has 6 heteroatoms. The fourth-order valence-electron chi connectivity index (χ4n) is 3.09. The standard InChI is InChI=1S/C21H22N2O4/c1-15(16-8-4-2-5-9-16)22-19(24)14-27-21(26)17-12-20(25)23(13-17)18-10-6-3-7-11-18/h2-11,15,17H,12-14H2,1H3,(H,22,24)/t15-,17+/m1/s1. The molecule has 1 saturated heterocycles. The van der Waals surface area contributed by atoms with Crippen molar-refractivity contribution >= 4 is 23.5 Å². The van der Waals surface area contributed by atoms with Gasteiger partial charge in [-0.1, -0.05) is 48.5 Å². The van der Waals surface area contributed by atoms with Crippen LogP contribution in [0.2, 0.25) is 0 Å². The number of nitrogens with zero attached hydrogens (tertiary/aromatic N) is 1. The monoisotopic (exact) mass is 366 g/mol. The van der Waals surface area contributed by atoms with Crippen LogP contribution >= 0.6 is 0 Å². The predicted octanol–water partition coefficient (Wildman–Crippen LogP) is 2.46. The summed E-state index contributed by atoms with van der Waals surface area (Å²) in [7, 11) is 0. The van der Waals surface area contributed by atoms with Crippen LogP contribution in [0.4, 0.5) is 5.69 Å². The molecule has 1 aliphatic rings. The number of para-hydroxylation sites is 1. The zero-order valence-electron chi connectivity index (χ0n) is 15.1. The Morgan fingerprint density at radius 1 is 1.11 bits per heavy atom. The van der Waals surface area contributed by atoms with E-state index in [9.17, 15) is 14.4 Å². The van der Waals surface area contributed by atoms with Crippen molar-refractivity contribution in [3.8, 4) is 0 Å². The van der Waals surface area contributed by atoms with Gasteiger partial charge in [0, 0.05) is 18.7 Å². The van der Waals surface area contributed by atoms with Crippen molar-refractivity contribution in [1.29, 1.82) is 0 Å². The van der Waals surface area contributed by atoms with Gasteiger partial charge in [0.05, 0.1) is 12.0 Å². The average molecular weight is 366 g/mol. The first-order valence-corrected chi connectivity index (χ1v) is 8.91. The Morgan fingerprint density at radius 2 is 1.74 bits per heavy atom. The minimum absolute atomic E-state index is 0.0930. The van der Waals surface area contributed by atoms with Crippen LogP contribution in [0.3, 0.4) is 0 Å². The van der Waals surface area contributed by atoms with Gasteiger partial charge < -0.3 is 15.0 Å². The van der Waals surface area contributed by atoms with Crippen LogP contribution in [0.15, 0.2) is 60.7 Å². The van der Waals surface area contributed by atoms with E-state index in [1.54, 1.807) is 4.90 Å². The van der Waals surface area contributed by atoms with E-state index in [-0.39, 0.29) is 37.4 Å². The molecule has 0 saturated carbocycles. The summed E-state index contributed by atoms with van der Waals surface area (Å²) in [4.78, 5) is 38.0. The Labute approximate surface area is 158 Å². The number of amides is 2. The Morgan fingerprint density at radius 3 is 2.41 bits per heavy atom. The summed E-state index contributed by atoms with van der Waals surface area (Å²) in [5.41, 5.74) is 1.73. The van der Waals surface area contributed by atoms with Gasteiger partial charge in [0.15, 0.2) is 6.61 Å². The molecule has 6 nitrogen and oxygen atoms in total. The molecule has 1 fully saturated rings. The van der Waals surface area contributed by atoms with E-state index in [0.29, 0.717) is 0 Å². The molecule has 0 unspecified atom stereocenters. The van der Waals surface area contributed by atoms with Crippen LogP contribution < -0.4 is 10.2 Å². The molecule has 0 radical (unpaired) electrons. The Kier molecular flexibility index (Phi) is 5.86. The highest BCUT2D eigenvalue weighted by Gasteiger charge is 2.36. The molecule has 0 spiro atoms. The maximum absolute atomic E-state index is 12.2. The number of anilines is 1. The molecule has 140 valence electrons. The molecule has 2 atom stereocenters. The van der Waals surface area contributed by atoms with E-state index in [4.69, 9.17) is 4.74 Å². The quantitative estimate of drug-likeness (QED) is 0.797. The average Bonchev–Trinajstić information content (AvgIpc) is 3.09. The topological polar surface area (TPSA) is 75.7 Å². The first-order valence-electron chi connectivity index (χ1n) is 8.91. The largest absolute Gasteiger partial charge is 0.455 e. The van der Waals surface area contributed by atoms with Gasteiger partial charge in [0.2, 0.25) is 5.91 Å². The zero-order valence-corrected chi connectivity index (χ0v) is 15.1. The van der Waals surface area contributed by atoms with Gasteiger partial charge >= 0.3 is 5.97 Å². The number of esters is 1. The molecule has 1 N–H and O–H groups in total. The molecule has 1 aliphatic heterocycles. The lowest BCUT2D eigenvalue weighted by molar-refractivity contribution is -0.152. The summed E-state index contributed by atoms with van der Waals surface area (Å²) < 4.78 is 5.13. The van der Waals surface area contributed by atoms with E-state index in [1.807, 2.05) is 67.6 Å². The predicted molar refractivity (Wildman–Crippen MR) is 101 cm³/mol. The summed E-state index contributed by atoms with van der Waals surface area (Å²) in [5.74, 6) is -1.57. The second kappa shape index (κ2) is 8.49. The van der Waals surface area contributed by atoms with Crippen molar-refractivity contribution in [2.45, 2.75) is 19.4 Å². The Hall–Kier alpha value is -3.15. The van der Waals surface area contributed by atoms with Crippen LogP contribution in [0.25, 0.3) is 0 Å². The number of rotatable bonds is 6. The Bertz CT molecular complexity index is 807. The minimum atomic E-state index is -0.558. The van der Waals surface area contributed by atoms with Gasteiger partial charge in [-0.15, -0.1) is 0 Å². The summed E-state index contributed by atoms with van der Waals surface area (Å²) in [6.45, 7) is 1.78. The maximum atomic E-state index is 12.2. The summed E-state index contributed by atoms with van der Waals surface area (Å²) in [6, 6.07) is 18.5. The fraction of sp³-hybridized carbons (Fsp3) is 0.286. The van der Waals surface area contributed by atoms with Gasteiger partial charge in [-0.2, -0.15) is 0 Å². The first kappa shape index (κ1) is 18.6. The van der Waals surface area contributed by atoms with Gasteiger partial charge in [0.1, 0.15) is 0 Å². The molecular weight excluding hydrogens is 344 g/mol. The number of carbonyl (C=O) groups is 3. The molecule has 0 aromatic heterocycles. The zero-order chi connectivity index (χ0) is 19.2. The van der Waals surface area contributed by atoms with Crippen molar-refractivity contribution in [3.05, 3.63) is 66.2 Å². The third-order valence-corrected chi connectivity index (χ3v) is 4.55. The fourth-order valence-corrected chi connectivity index (χ4v) is 3.09. The molecule has 1 heterocycles. The molecule has 3 rings (SSSR count). The van der Waals surface area contributed by atoms with Crippen LogP contribution in [0.1, 0.15) is 24.9 Å². The molecule has 0 aliphatic carbocycles. The maximum Gasteiger partial charge on any atom is 0.311 e. The number of hydrogen-bond donors (Lipinski definition) is 1. The smallest absolute Gasteiger partial charge is 0.311 e. The highest BCUT2D eigenvalue weighted by molar-refractivity contribution is 5.99. The second-order valence-corrected chi connectivity index (χ2v) is 6.55. The molecule has 2 amide bonds. The van der Waals surface area contributed by atoms with Crippen LogP contribution in [0, 0.1) is 5.92 Å². The molecular formula is C21H22N2O4. The number of benzene rings is 2. The first-order chi connectivity index (χ1) is 13.0. The van der Waals surface area contributed by atoms with E-state index in [2.05, 4.69) is 5.32 Å². The van der Waals surface area contributed by atoms with E-state index in [1.165, 1.54) is 0 Å². The summed E-state index contributed by atoms with van der Waals surface area (Å²) >= 11 is 0. The SMILES string of the molecule is C[C@@H](NC(=O)COC(=O)[C@H]1CC(=O)N(c2ccccc2)C1)c1ccccc1. The third-order valence-electron chi connectivity index (χ3n) is 4.55. The summed E-state index contributed by atoms with van der Waals surface area (Å²) in [6.07, 6.45) is 0.0930. The normalized spacial score (nSPS) is 17.4. The molecule has 0 bridgehead atoms. The highest BCUT2D eigenvalue weighted by atomic mass is 16.5. The van der Waals surface area contributed by atoms with Crippen molar-refractivity contribution < 1.29 is 19.1 Å².